The van der Waals surface area contributed by atoms with Gasteiger partial charge in [0.2, 0.25) is 5.69 Å². The number of nitrogens with zero attached hydrogens (tertiary/aromatic N) is 1. The van der Waals surface area contributed by atoms with Crippen molar-refractivity contribution in [2.24, 2.45) is 23.3 Å². The summed E-state index contributed by atoms with van der Waals surface area (Å²) in [7, 11) is 2.20. The average Bonchev–Trinajstić information content (AvgIpc) is 2.87. The van der Waals surface area contributed by atoms with E-state index in [9.17, 15) is 0 Å². The summed E-state index contributed by atoms with van der Waals surface area (Å²) in [4.78, 5) is 0. The van der Waals surface area contributed by atoms with Gasteiger partial charge >= 0.3 is 0 Å². The molecule has 0 saturated carbocycles. The molecule has 0 saturated heterocycles. The highest BCUT2D eigenvalue weighted by Gasteiger charge is 2.35. The van der Waals surface area contributed by atoms with E-state index >= 15 is 0 Å². The normalized spacial score (nSPS) is 13.6. The fourth-order valence-corrected chi connectivity index (χ4v) is 7.40. The first-order chi connectivity index (χ1) is 19.9. The Labute approximate surface area is 259 Å². The van der Waals surface area contributed by atoms with Crippen molar-refractivity contribution in [2.75, 3.05) is 0 Å². The second kappa shape index (κ2) is 9.81. The number of hydrogen-bond donors (Lipinski definition) is 0. The zero-order valence-corrected chi connectivity index (χ0v) is 28.6. The summed E-state index contributed by atoms with van der Waals surface area (Å²) < 4.78 is 9.45. The molecule has 224 valence electrons. The fourth-order valence-electron chi connectivity index (χ4n) is 7.40. The Morgan fingerprint density at radius 1 is 0.651 bits per heavy atom. The maximum absolute atomic E-state index is 7.13. The highest BCUT2D eigenvalue weighted by atomic mass is 16.5. The van der Waals surface area contributed by atoms with Gasteiger partial charge in [-0.05, 0) is 99.2 Å². The number of ether oxygens (including phenoxy) is 1. The summed E-state index contributed by atoms with van der Waals surface area (Å²) >= 11 is 0. The monoisotopic (exact) mass is 572 g/mol. The molecule has 5 aromatic rings. The number of fused-ring (bicyclic) bond motifs is 5. The van der Waals surface area contributed by atoms with Crippen LogP contribution in [-0.4, -0.2) is 0 Å². The topological polar surface area (TPSA) is 13.1 Å². The summed E-state index contributed by atoms with van der Waals surface area (Å²) in [5.41, 5.74) is 9.95. The lowest BCUT2D eigenvalue weighted by Crippen LogP contribution is -2.32. The molecule has 0 atom stereocenters. The van der Waals surface area contributed by atoms with Crippen molar-refractivity contribution in [3.63, 3.8) is 0 Å². The SMILES string of the molecule is Cc1c2c(c(CC(C)(C)C)c3ccc(CC(C)(C)C)cc13)Oc1cc3ccc(CC(C)(C)C)c(C)c3c3cc[n+](C)c-2c13. The Bertz CT molecular complexity index is 1940. The third-order valence-electron chi connectivity index (χ3n) is 9.04. The molecule has 1 aromatic heterocycles. The molecule has 2 heteroatoms. The molecule has 0 radical (unpaired) electrons. The van der Waals surface area contributed by atoms with Gasteiger partial charge in [0.15, 0.2) is 6.20 Å². The zero-order chi connectivity index (χ0) is 31.2. The molecular weight excluding hydrogens is 522 g/mol. The molecule has 0 amide bonds. The minimum absolute atomic E-state index is 0.113. The second-order valence-corrected chi connectivity index (χ2v) is 16.9. The highest BCUT2D eigenvalue weighted by Crippen LogP contribution is 2.53. The van der Waals surface area contributed by atoms with Crippen LogP contribution in [0.15, 0.2) is 48.7 Å². The van der Waals surface area contributed by atoms with Gasteiger partial charge in [0.05, 0.1) is 10.9 Å². The molecule has 4 aromatic carbocycles. The van der Waals surface area contributed by atoms with Crippen LogP contribution < -0.4 is 9.30 Å². The smallest absolute Gasteiger partial charge is 0.228 e. The molecule has 2 heterocycles. The lowest BCUT2D eigenvalue weighted by molar-refractivity contribution is -0.659. The minimum atomic E-state index is 0.113. The Morgan fingerprint density at radius 2 is 1.33 bits per heavy atom. The molecule has 0 spiro atoms. The van der Waals surface area contributed by atoms with Crippen LogP contribution in [0, 0.1) is 30.1 Å². The third kappa shape index (κ3) is 5.32. The molecule has 0 unspecified atom stereocenters. The van der Waals surface area contributed by atoms with Gasteiger partial charge in [0.25, 0.3) is 0 Å². The number of benzene rings is 4. The Hall–Kier alpha value is -3.39. The summed E-state index contributed by atoms with van der Waals surface area (Å²) in [5, 5.41) is 7.81. The summed E-state index contributed by atoms with van der Waals surface area (Å²) in [6.07, 6.45) is 5.32. The maximum Gasteiger partial charge on any atom is 0.228 e. The van der Waals surface area contributed by atoms with Gasteiger partial charge in [-0.3, -0.25) is 0 Å². The largest absolute Gasteiger partial charge is 0.455 e. The van der Waals surface area contributed by atoms with Gasteiger partial charge in [-0.2, -0.15) is 0 Å². The molecule has 6 rings (SSSR count). The molecule has 1 aliphatic rings. The van der Waals surface area contributed by atoms with Crippen molar-refractivity contribution in [3.05, 3.63) is 76.5 Å². The van der Waals surface area contributed by atoms with Crippen molar-refractivity contribution < 1.29 is 9.30 Å². The van der Waals surface area contributed by atoms with Gasteiger partial charge < -0.3 is 4.74 Å². The van der Waals surface area contributed by atoms with E-state index in [0.717, 1.165) is 30.8 Å². The van der Waals surface area contributed by atoms with Crippen LogP contribution in [0.1, 0.15) is 90.1 Å². The van der Waals surface area contributed by atoms with Crippen LogP contribution in [0.3, 0.4) is 0 Å². The van der Waals surface area contributed by atoms with E-state index in [-0.39, 0.29) is 16.2 Å². The molecule has 0 N–H and O–H groups in total. The quantitative estimate of drug-likeness (QED) is 0.152. The average molecular weight is 573 g/mol. The Morgan fingerprint density at radius 3 is 1.98 bits per heavy atom. The van der Waals surface area contributed by atoms with E-state index in [2.05, 4.69) is 136 Å². The molecule has 0 aliphatic carbocycles. The summed E-state index contributed by atoms with van der Waals surface area (Å²) in [6.45, 7) is 25.6. The number of hydrogen-bond acceptors (Lipinski definition) is 1. The second-order valence-electron chi connectivity index (χ2n) is 16.9. The van der Waals surface area contributed by atoms with Crippen LogP contribution in [0.25, 0.3) is 43.6 Å². The van der Waals surface area contributed by atoms with Crippen molar-refractivity contribution >= 4 is 32.3 Å². The zero-order valence-electron chi connectivity index (χ0n) is 28.6. The van der Waals surface area contributed by atoms with E-state index in [0.29, 0.717) is 0 Å². The van der Waals surface area contributed by atoms with E-state index in [4.69, 9.17) is 4.74 Å². The lowest BCUT2D eigenvalue weighted by Gasteiger charge is -2.29. The molecule has 43 heavy (non-hydrogen) atoms. The number of pyridine rings is 1. The maximum atomic E-state index is 7.13. The molecule has 2 nitrogen and oxygen atoms in total. The van der Waals surface area contributed by atoms with Gasteiger partial charge in [-0.25, -0.2) is 4.57 Å². The fraction of sp³-hybridized carbons (Fsp3) is 0.439. The minimum Gasteiger partial charge on any atom is -0.455 e. The predicted octanol–water partition coefficient (Wildman–Crippen LogP) is 11.1. The van der Waals surface area contributed by atoms with Crippen molar-refractivity contribution in [3.8, 4) is 22.8 Å². The van der Waals surface area contributed by atoms with Crippen LogP contribution in [0.4, 0.5) is 0 Å². The Kier molecular flexibility index (Phi) is 6.77. The van der Waals surface area contributed by atoms with Crippen LogP contribution >= 0.6 is 0 Å². The van der Waals surface area contributed by atoms with Crippen molar-refractivity contribution in [1.29, 1.82) is 0 Å². The number of rotatable bonds is 3. The van der Waals surface area contributed by atoms with Crippen LogP contribution in [0.5, 0.6) is 11.5 Å². The molecular formula is C41H50NO+. The van der Waals surface area contributed by atoms with E-state index in [1.165, 1.54) is 71.4 Å². The standard InChI is InChI=1S/C41H50NO/c1-24-28(22-40(6,7)8)15-14-27-20-33-36-30(34(24)27)17-18-42(12)37(36)35-25(2)31-19-26(21-39(3,4)5)13-16-29(31)32(38(35)43-33)23-41(9,10)11/h13-20H,21-23H2,1-12H3/q+1. The first-order valence-electron chi connectivity index (χ1n) is 16.1. The van der Waals surface area contributed by atoms with Crippen LogP contribution in [-0.2, 0) is 26.3 Å². The van der Waals surface area contributed by atoms with E-state index < -0.39 is 0 Å². The van der Waals surface area contributed by atoms with Crippen molar-refractivity contribution in [2.45, 2.75) is 95.4 Å². The van der Waals surface area contributed by atoms with Gasteiger partial charge in [0.1, 0.15) is 18.5 Å². The molecule has 1 aliphatic heterocycles. The van der Waals surface area contributed by atoms with Gasteiger partial charge in [-0.15, -0.1) is 0 Å². The number of aromatic nitrogens is 1. The van der Waals surface area contributed by atoms with E-state index in [1.807, 2.05) is 0 Å². The summed E-state index contributed by atoms with van der Waals surface area (Å²) in [5.74, 6) is 2.02. The third-order valence-corrected chi connectivity index (χ3v) is 9.04. The highest BCUT2D eigenvalue weighted by molar-refractivity contribution is 6.17. The first kappa shape index (κ1) is 29.7. The van der Waals surface area contributed by atoms with Crippen molar-refractivity contribution in [1.82, 2.24) is 0 Å². The molecule has 0 bridgehead atoms. The predicted molar refractivity (Wildman–Crippen MR) is 185 cm³/mol. The first-order valence-corrected chi connectivity index (χ1v) is 16.1. The molecule has 0 fully saturated rings. The van der Waals surface area contributed by atoms with Crippen LogP contribution in [0.2, 0.25) is 0 Å². The Balaban J connectivity index is 1.72. The van der Waals surface area contributed by atoms with Gasteiger partial charge in [0, 0.05) is 17.0 Å². The van der Waals surface area contributed by atoms with E-state index in [1.54, 1.807) is 0 Å². The number of aryl methyl sites for hydroxylation is 3. The van der Waals surface area contributed by atoms with Gasteiger partial charge in [-0.1, -0.05) is 92.6 Å². The summed E-state index contributed by atoms with van der Waals surface area (Å²) in [6, 6.07) is 16.4. The lowest BCUT2D eigenvalue weighted by atomic mass is 9.80.